The lowest BCUT2D eigenvalue weighted by Gasteiger charge is -2.06. The second kappa shape index (κ2) is 6.14. The van der Waals surface area contributed by atoms with E-state index in [4.69, 9.17) is 0 Å². The lowest BCUT2D eigenvalue weighted by atomic mass is 10.2. The van der Waals surface area contributed by atoms with Gasteiger partial charge in [0.15, 0.2) is 0 Å². The van der Waals surface area contributed by atoms with Gasteiger partial charge in [-0.3, -0.25) is 10.1 Å². The highest BCUT2D eigenvalue weighted by atomic mass is 32.2. The molecule has 0 N–H and O–H groups in total. The van der Waals surface area contributed by atoms with Crippen molar-refractivity contribution in [2.75, 3.05) is 0 Å². The van der Waals surface area contributed by atoms with Crippen LogP contribution in [-0.2, 0) is 18.6 Å². The molecule has 1 aliphatic rings. The van der Waals surface area contributed by atoms with Gasteiger partial charge in [-0.25, -0.2) is 9.97 Å². The third-order valence-corrected chi connectivity index (χ3v) is 6.41. The number of aromatic nitrogens is 2. The van der Waals surface area contributed by atoms with Gasteiger partial charge in [0, 0.05) is 27.6 Å². The Morgan fingerprint density at radius 3 is 2.96 bits per heavy atom. The summed E-state index contributed by atoms with van der Waals surface area (Å²) in [6, 6.07) is 6.91. The maximum absolute atomic E-state index is 11.2. The lowest BCUT2D eigenvalue weighted by molar-refractivity contribution is -0.385. The third-order valence-electron chi connectivity index (χ3n) is 4.20. The van der Waals surface area contributed by atoms with Crippen molar-refractivity contribution < 1.29 is 4.92 Å². The van der Waals surface area contributed by atoms with Crippen LogP contribution in [0.3, 0.4) is 0 Å². The maximum atomic E-state index is 11.2. The SMILES string of the molecule is Cc1nc(SCc2ccccc2[N+](=O)[O-])c2c3c(sc2n1)CCC3. The first-order chi connectivity index (χ1) is 11.6. The summed E-state index contributed by atoms with van der Waals surface area (Å²) in [5.41, 5.74) is 2.28. The van der Waals surface area contributed by atoms with Gasteiger partial charge >= 0.3 is 0 Å². The fourth-order valence-electron chi connectivity index (χ4n) is 3.13. The molecule has 1 aliphatic carbocycles. The molecule has 7 heteroatoms. The van der Waals surface area contributed by atoms with Gasteiger partial charge in [0.2, 0.25) is 0 Å². The summed E-state index contributed by atoms with van der Waals surface area (Å²) in [6.45, 7) is 1.90. The fraction of sp³-hybridized carbons (Fsp3) is 0.294. The van der Waals surface area contributed by atoms with E-state index in [0.29, 0.717) is 5.75 Å². The minimum absolute atomic E-state index is 0.169. The van der Waals surface area contributed by atoms with E-state index < -0.39 is 0 Å². The highest BCUT2D eigenvalue weighted by Gasteiger charge is 2.22. The van der Waals surface area contributed by atoms with Crippen molar-refractivity contribution in [3.8, 4) is 0 Å². The van der Waals surface area contributed by atoms with Crippen LogP contribution < -0.4 is 0 Å². The molecule has 0 fully saturated rings. The monoisotopic (exact) mass is 357 g/mol. The Labute approximate surface area is 147 Å². The molecule has 0 bridgehead atoms. The lowest BCUT2D eigenvalue weighted by Crippen LogP contribution is -1.95. The Balaban J connectivity index is 1.72. The van der Waals surface area contributed by atoms with Crippen molar-refractivity contribution in [3.05, 3.63) is 56.2 Å². The third kappa shape index (κ3) is 2.67. The Morgan fingerprint density at radius 1 is 1.29 bits per heavy atom. The van der Waals surface area contributed by atoms with Crippen LogP contribution in [0, 0.1) is 17.0 Å². The summed E-state index contributed by atoms with van der Waals surface area (Å²) in [6.07, 6.45) is 3.41. The van der Waals surface area contributed by atoms with Gasteiger partial charge in [-0.1, -0.05) is 18.2 Å². The first kappa shape index (κ1) is 15.5. The highest BCUT2D eigenvalue weighted by Crippen LogP contribution is 2.41. The standard InChI is InChI=1S/C17H15N3O2S2/c1-10-18-16(15-12-6-4-8-14(12)24-17(15)19-10)23-9-11-5-2-3-7-13(11)20(21)22/h2-3,5,7H,4,6,8-9H2,1H3. The van der Waals surface area contributed by atoms with Gasteiger partial charge in [0.05, 0.1) is 4.92 Å². The smallest absolute Gasteiger partial charge is 0.258 e. The van der Waals surface area contributed by atoms with Crippen molar-refractivity contribution in [2.24, 2.45) is 0 Å². The molecule has 0 saturated heterocycles. The minimum atomic E-state index is -0.320. The molecule has 0 unspecified atom stereocenters. The predicted molar refractivity (Wildman–Crippen MR) is 96.8 cm³/mol. The molecule has 0 amide bonds. The molecule has 4 rings (SSSR count). The van der Waals surface area contributed by atoms with Gasteiger partial charge in [0.1, 0.15) is 15.7 Å². The van der Waals surface area contributed by atoms with Crippen molar-refractivity contribution >= 4 is 39.0 Å². The van der Waals surface area contributed by atoms with Crippen molar-refractivity contribution in [1.29, 1.82) is 0 Å². The Bertz CT molecular complexity index is 952. The summed E-state index contributed by atoms with van der Waals surface area (Å²) in [7, 11) is 0. The average molecular weight is 357 g/mol. The molecule has 0 saturated carbocycles. The number of thiophene rings is 1. The molecule has 2 heterocycles. The average Bonchev–Trinajstić information content (AvgIpc) is 3.13. The summed E-state index contributed by atoms with van der Waals surface area (Å²) in [5.74, 6) is 1.29. The molecule has 0 aliphatic heterocycles. The number of aryl methyl sites for hydroxylation is 3. The molecule has 5 nitrogen and oxygen atoms in total. The van der Waals surface area contributed by atoms with E-state index in [2.05, 4.69) is 9.97 Å². The van der Waals surface area contributed by atoms with E-state index in [0.717, 1.165) is 34.1 Å². The van der Waals surface area contributed by atoms with E-state index in [1.165, 1.54) is 22.2 Å². The number of benzene rings is 1. The number of nitrogens with zero attached hydrogens (tertiary/aromatic N) is 3. The van der Waals surface area contributed by atoms with Gasteiger partial charge in [-0.15, -0.1) is 23.1 Å². The Kier molecular flexibility index (Phi) is 3.97. The Hall–Kier alpha value is -1.99. The molecule has 0 spiro atoms. The van der Waals surface area contributed by atoms with Gasteiger partial charge in [-0.2, -0.15) is 0 Å². The zero-order valence-corrected chi connectivity index (χ0v) is 14.7. The van der Waals surface area contributed by atoms with E-state index >= 15 is 0 Å². The van der Waals surface area contributed by atoms with Crippen LogP contribution in [0.1, 0.15) is 28.2 Å². The summed E-state index contributed by atoms with van der Waals surface area (Å²) in [4.78, 5) is 22.6. The zero-order valence-electron chi connectivity index (χ0n) is 13.1. The van der Waals surface area contributed by atoms with Crippen LogP contribution in [0.4, 0.5) is 5.69 Å². The van der Waals surface area contributed by atoms with E-state index in [9.17, 15) is 10.1 Å². The van der Waals surface area contributed by atoms with Crippen molar-refractivity contribution in [2.45, 2.75) is 37.0 Å². The number of nitro benzene ring substituents is 1. The number of nitro groups is 1. The number of thioether (sulfide) groups is 1. The first-order valence-corrected chi connectivity index (χ1v) is 9.57. The number of fused-ring (bicyclic) bond motifs is 3. The quantitative estimate of drug-likeness (QED) is 0.293. The van der Waals surface area contributed by atoms with Crippen LogP contribution in [0.5, 0.6) is 0 Å². The van der Waals surface area contributed by atoms with E-state index in [1.54, 1.807) is 35.2 Å². The normalized spacial score (nSPS) is 13.4. The van der Waals surface area contributed by atoms with Crippen molar-refractivity contribution in [3.63, 3.8) is 0 Å². The summed E-state index contributed by atoms with van der Waals surface area (Å²) in [5, 5.41) is 13.3. The molecule has 0 radical (unpaired) electrons. The molecule has 1 aromatic carbocycles. The van der Waals surface area contributed by atoms with Gasteiger partial charge < -0.3 is 0 Å². The topological polar surface area (TPSA) is 68.9 Å². The van der Waals surface area contributed by atoms with Crippen molar-refractivity contribution in [1.82, 2.24) is 9.97 Å². The van der Waals surface area contributed by atoms with Gasteiger partial charge in [0.25, 0.3) is 5.69 Å². The molecule has 122 valence electrons. The second-order valence-corrected chi connectivity index (χ2v) is 7.84. The van der Waals surface area contributed by atoms with Crippen LogP contribution in [0.25, 0.3) is 10.2 Å². The van der Waals surface area contributed by atoms with Crippen LogP contribution in [-0.4, -0.2) is 14.9 Å². The Morgan fingerprint density at radius 2 is 2.12 bits per heavy atom. The number of hydrogen-bond donors (Lipinski definition) is 0. The zero-order chi connectivity index (χ0) is 16.7. The first-order valence-electron chi connectivity index (χ1n) is 7.77. The highest BCUT2D eigenvalue weighted by molar-refractivity contribution is 7.98. The number of para-hydroxylation sites is 1. The number of rotatable bonds is 4. The largest absolute Gasteiger partial charge is 0.273 e. The predicted octanol–water partition coefficient (Wildman–Crippen LogP) is 4.69. The molecule has 24 heavy (non-hydrogen) atoms. The summed E-state index contributed by atoms with van der Waals surface area (Å²) >= 11 is 3.34. The molecule has 0 atom stereocenters. The number of hydrogen-bond acceptors (Lipinski definition) is 6. The molecule has 2 aromatic heterocycles. The molecule has 3 aromatic rings. The summed E-state index contributed by atoms with van der Waals surface area (Å²) < 4.78 is 0. The molecular weight excluding hydrogens is 342 g/mol. The fourth-order valence-corrected chi connectivity index (χ4v) is 5.59. The van der Waals surface area contributed by atoms with Crippen LogP contribution in [0.15, 0.2) is 29.3 Å². The van der Waals surface area contributed by atoms with Crippen LogP contribution in [0.2, 0.25) is 0 Å². The maximum Gasteiger partial charge on any atom is 0.273 e. The van der Waals surface area contributed by atoms with Crippen LogP contribution >= 0.6 is 23.1 Å². The van der Waals surface area contributed by atoms with Gasteiger partial charge in [-0.05, 0) is 31.7 Å². The van der Waals surface area contributed by atoms with E-state index in [-0.39, 0.29) is 10.6 Å². The molecular formula is C17H15N3O2S2. The second-order valence-electron chi connectivity index (χ2n) is 5.79. The van der Waals surface area contributed by atoms with E-state index in [1.807, 2.05) is 19.1 Å². The minimum Gasteiger partial charge on any atom is -0.258 e.